The lowest BCUT2D eigenvalue weighted by Gasteiger charge is -2.14. The van der Waals surface area contributed by atoms with Crippen LogP contribution in [0.25, 0.3) is 0 Å². The Kier molecular flexibility index (Phi) is 1.66. The highest BCUT2D eigenvalue weighted by atomic mass is 16.3. The summed E-state index contributed by atoms with van der Waals surface area (Å²) in [5, 5.41) is 9.51. The van der Waals surface area contributed by atoms with Crippen LogP contribution in [-0.4, -0.2) is 20.8 Å². The molecular formula is C8H12N2O. The van der Waals surface area contributed by atoms with Gasteiger partial charge in [0.15, 0.2) is 0 Å². The van der Waals surface area contributed by atoms with Crippen LogP contribution < -0.4 is 0 Å². The lowest BCUT2D eigenvalue weighted by Crippen LogP contribution is -2.16. The Labute approximate surface area is 65.7 Å². The molecule has 11 heavy (non-hydrogen) atoms. The van der Waals surface area contributed by atoms with Crippen molar-refractivity contribution in [2.45, 2.75) is 31.4 Å². The van der Waals surface area contributed by atoms with Crippen LogP contribution in [0.15, 0.2) is 18.7 Å². The average Bonchev–Trinajstić information content (AvgIpc) is 2.55. The van der Waals surface area contributed by atoms with Crippen molar-refractivity contribution < 1.29 is 5.11 Å². The maximum Gasteiger partial charge on any atom is 0.0949 e. The van der Waals surface area contributed by atoms with E-state index in [4.69, 9.17) is 0 Å². The largest absolute Gasteiger partial charge is 0.391 e. The zero-order valence-electron chi connectivity index (χ0n) is 6.35. The number of aromatic nitrogens is 2. The molecule has 1 fully saturated rings. The number of hydrogen-bond acceptors (Lipinski definition) is 2. The Morgan fingerprint density at radius 3 is 2.91 bits per heavy atom. The SMILES string of the molecule is O[C@@H]1CCC[C@@H]1n1ccnc1. The Bertz CT molecular complexity index is 220. The number of aliphatic hydroxyl groups excluding tert-OH is 1. The molecule has 0 bridgehead atoms. The minimum absolute atomic E-state index is 0.163. The van der Waals surface area contributed by atoms with Crippen molar-refractivity contribution in [1.29, 1.82) is 0 Å². The zero-order chi connectivity index (χ0) is 7.68. The van der Waals surface area contributed by atoms with E-state index in [9.17, 15) is 5.11 Å². The molecule has 0 amide bonds. The number of hydrogen-bond donors (Lipinski definition) is 1. The smallest absolute Gasteiger partial charge is 0.0949 e. The fourth-order valence-corrected chi connectivity index (χ4v) is 1.73. The van der Waals surface area contributed by atoms with Gasteiger partial charge in [-0.3, -0.25) is 0 Å². The molecule has 0 aliphatic heterocycles. The van der Waals surface area contributed by atoms with E-state index in [0.717, 1.165) is 19.3 Å². The van der Waals surface area contributed by atoms with Gasteiger partial charge in [0.2, 0.25) is 0 Å². The van der Waals surface area contributed by atoms with E-state index in [-0.39, 0.29) is 12.1 Å². The Morgan fingerprint density at radius 1 is 1.45 bits per heavy atom. The van der Waals surface area contributed by atoms with Crippen molar-refractivity contribution in [3.8, 4) is 0 Å². The molecule has 0 spiro atoms. The highest BCUT2D eigenvalue weighted by Gasteiger charge is 2.25. The predicted molar refractivity (Wildman–Crippen MR) is 41.1 cm³/mol. The summed E-state index contributed by atoms with van der Waals surface area (Å²) in [5.41, 5.74) is 0. The number of nitrogens with zero attached hydrogens (tertiary/aromatic N) is 2. The van der Waals surface area contributed by atoms with Crippen molar-refractivity contribution in [3.63, 3.8) is 0 Å². The molecule has 0 aromatic carbocycles. The summed E-state index contributed by atoms with van der Waals surface area (Å²) in [7, 11) is 0. The molecule has 1 heterocycles. The molecule has 1 N–H and O–H groups in total. The minimum Gasteiger partial charge on any atom is -0.391 e. The minimum atomic E-state index is -0.163. The van der Waals surface area contributed by atoms with Gasteiger partial charge in [0.25, 0.3) is 0 Å². The van der Waals surface area contributed by atoms with Crippen molar-refractivity contribution in [3.05, 3.63) is 18.7 Å². The second-order valence-electron chi connectivity index (χ2n) is 3.08. The standard InChI is InChI=1S/C8H12N2O/c11-8-3-1-2-7(8)10-5-4-9-6-10/h4-8,11H,1-3H2/t7-,8+/m0/s1. The van der Waals surface area contributed by atoms with Crippen LogP contribution in [0.2, 0.25) is 0 Å². The molecule has 2 atom stereocenters. The highest BCUT2D eigenvalue weighted by molar-refractivity contribution is 4.87. The number of imidazole rings is 1. The Hall–Kier alpha value is -0.830. The van der Waals surface area contributed by atoms with Gasteiger partial charge in [0.1, 0.15) is 0 Å². The van der Waals surface area contributed by atoms with Crippen LogP contribution in [0.3, 0.4) is 0 Å². The Morgan fingerprint density at radius 2 is 2.36 bits per heavy atom. The molecule has 60 valence electrons. The fraction of sp³-hybridized carbons (Fsp3) is 0.625. The lowest BCUT2D eigenvalue weighted by atomic mass is 10.2. The van der Waals surface area contributed by atoms with Gasteiger partial charge in [-0.1, -0.05) is 0 Å². The number of rotatable bonds is 1. The summed E-state index contributed by atoms with van der Waals surface area (Å²) >= 11 is 0. The van der Waals surface area contributed by atoms with E-state index in [0.29, 0.717) is 0 Å². The van der Waals surface area contributed by atoms with Gasteiger partial charge in [-0.05, 0) is 19.3 Å². The van der Waals surface area contributed by atoms with Gasteiger partial charge in [0.05, 0.1) is 18.5 Å². The van der Waals surface area contributed by atoms with Crippen molar-refractivity contribution >= 4 is 0 Å². The summed E-state index contributed by atoms with van der Waals surface area (Å²) in [4.78, 5) is 3.95. The predicted octanol–water partition coefficient (Wildman–Crippen LogP) is 0.969. The van der Waals surface area contributed by atoms with E-state index in [1.165, 1.54) is 0 Å². The highest BCUT2D eigenvalue weighted by Crippen LogP contribution is 2.29. The van der Waals surface area contributed by atoms with E-state index >= 15 is 0 Å². The molecule has 3 heteroatoms. The molecule has 1 aliphatic carbocycles. The van der Waals surface area contributed by atoms with Crippen LogP contribution in [0.1, 0.15) is 25.3 Å². The van der Waals surface area contributed by atoms with E-state index < -0.39 is 0 Å². The van der Waals surface area contributed by atoms with Gasteiger partial charge in [-0.15, -0.1) is 0 Å². The molecule has 2 rings (SSSR count). The maximum atomic E-state index is 9.51. The topological polar surface area (TPSA) is 38.0 Å². The fourth-order valence-electron chi connectivity index (χ4n) is 1.73. The molecule has 3 nitrogen and oxygen atoms in total. The van der Waals surface area contributed by atoms with E-state index in [1.807, 2.05) is 10.8 Å². The van der Waals surface area contributed by atoms with Gasteiger partial charge in [-0.2, -0.15) is 0 Å². The molecule has 0 radical (unpaired) electrons. The second-order valence-corrected chi connectivity index (χ2v) is 3.08. The van der Waals surface area contributed by atoms with Gasteiger partial charge < -0.3 is 9.67 Å². The molecule has 0 saturated heterocycles. The van der Waals surface area contributed by atoms with Crippen molar-refractivity contribution in [2.75, 3.05) is 0 Å². The van der Waals surface area contributed by atoms with Gasteiger partial charge in [0, 0.05) is 12.4 Å². The quantitative estimate of drug-likeness (QED) is 0.651. The van der Waals surface area contributed by atoms with Crippen molar-refractivity contribution in [2.24, 2.45) is 0 Å². The third-order valence-electron chi connectivity index (χ3n) is 2.35. The lowest BCUT2D eigenvalue weighted by molar-refractivity contribution is 0.136. The molecule has 1 aromatic heterocycles. The molecule has 1 aromatic rings. The summed E-state index contributed by atoms with van der Waals surface area (Å²) in [5.74, 6) is 0. The zero-order valence-corrected chi connectivity index (χ0v) is 6.35. The Balaban J connectivity index is 2.16. The van der Waals surface area contributed by atoms with Crippen molar-refractivity contribution in [1.82, 2.24) is 9.55 Å². The third-order valence-corrected chi connectivity index (χ3v) is 2.35. The molecule has 1 aliphatic rings. The third kappa shape index (κ3) is 1.16. The summed E-state index contributed by atoms with van der Waals surface area (Å²) in [6.45, 7) is 0. The van der Waals surface area contributed by atoms with E-state index in [2.05, 4.69) is 4.98 Å². The first-order valence-corrected chi connectivity index (χ1v) is 4.03. The van der Waals surface area contributed by atoms with Crippen LogP contribution >= 0.6 is 0 Å². The van der Waals surface area contributed by atoms with Crippen LogP contribution in [0.5, 0.6) is 0 Å². The summed E-state index contributed by atoms with van der Waals surface area (Å²) in [6.07, 6.45) is 8.43. The molecule has 0 unspecified atom stereocenters. The molecule has 1 saturated carbocycles. The first kappa shape index (κ1) is 6.85. The van der Waals surface area contributed by atoms with Gasteiger partial charge >= 0.3 is 0 Å². The van der Waals surface area contributed by atoms with Crippen LogP contribution in [-0.2, 0) is 0 Å². The first-order chi connectivity index (χ1) is 5.38. The average molecular weight is 152 g/mol. The summed E-state index contributed by atoms with van der Waals surface area (Å²) < 4.78 is 2.00. The van der Waals surface area contributed by atoms with Gasteiger partial charge in [-0.25, -0.2) is 4.98 Å². The van der Waals surface area contributed by atoms with E-state index in [1.54, 1.807) is 12.5 Å². The summed E-state index contributed by atoms with van der Waals surface area (Å²) in [6, 6.07) is 0.275. The number of aliphatic hydroxyl groups is 1. The normalized spacial score (nSPS) is 31.0. The molecular weight excluding hydrogens is 140 g/mol. The maximum absolute atomic E-state index is 9.51. The van der Waals surface area contributed by atoms with Crippen LogP contribution in [0.4, 0.5) is 0 Å². The van der Waals surface area contributed by atoms with Crippen LogP contribution in [0, 0.1) is 0 Å². The second kappa shape index (κ2) is 2.66. The monoisotopic (exact) mass is 152 g/mol. The first-order valence-electron chi connectivity index (χ1n) is 4.03.